The maximum absolute atomic E-state index is 13.5. The van der Waals surface area contributed by atoms with Gasteiger partial charge in [-0.05, 0) is 27.6 Å². The number of halogens is 2. The highest BCUT2D eigenvalue weighted by atomic mass is 79.9. The molecule has 1 aromatic rings. The minimum absolute atomic E-state index is 0.0798. The number of ether oxygens (including phenoxy) is 1. The van der Waals surface area contributed by atoms with Gasteiger partial charge in [-0.25, -0.2) is 4.39 Å². The molecule has 0 radical (unpaired) electrons. The summed E-state index contributed by atoms with van der Waals surface area (Å²) in [6.45, 7) is 7.28. The summed E-state index contributed by atoms with van der Waals surface area (Å²) in [4.78, 5) is 12.1. The quantitative estimate of drug-likeness (QED) is 0.779. The zero-order chi connectivity index (χ0) is 14.0. The van der Waals surface area contributed by atoms with E-state index >= 15 is 0 Å². The van der Waals surface area contributed by atoms with Gasteiger partial charge < -0.3 is 4.74 Å². The van der Waals surface area contributed by atoms with Crippen molar-refractivity contribution in [2.75, 3.05) is 0 Å². The predicted molar refractivity (Wildman–Crippen MR) is 75.9 cm³/mol. The zero-order valence-corrected chi connectivity index (χ0v) is 11.7. The molecule has 0 spiro atoms. The molecule has 1 unspecified atom stereocenters. The van der Waals surface area contributed by atoms with Crippen LogP contribution >= 0.6 is 15.9 Å². The van der Waals surface area contributed by atoms with Crippen molar-refractivity contribution < 1.29 is 13.9 Å². The van der Waals surface area contributed by atoms with E-state index in [1.165, 1.54) is 12.1 Å². The third-order valence-electron chi connectivity index (χ3n) is 2.88. The minimum atomic E-state index is -0.458. The number of hydrogen-bond acceptors (Lipinski definition) is 2. The van der Waals surface area contributed by atoms with Crippen LogP contribution in [0.25, 0.3) is 0 Å². The topological polar surface area (TPSA) is 26.3 Å². The molecule has 0 aliphatic carbocycles. The summed E-state index contributed by atoms with van der Waals surface area (Å²) in [6, 6.07) is 2.67. The first-order valence-corrected chi connectivity index (χ1v) is 6.50. The lowest BCUT2D eigenvalue weighted by molar-refractivity contribution is 0.0887. The molecule has 0 fully saturated rings. The van der Waals surface area contributed by atoms with Gasteiger partial charge in [0, 0.05) is 6.07 Å². The van der Waals surface area contributed by atoms with Gasteiger partial charge in [-0.1, -0.05) is 31.4 Å². The van der Waals surface area contributed by atoms with Crippen LogP contribution in [0.2, 0.25) is 0 Å². The Balaban J connectivity index is 2.41. The first-order valence-electron chi connectivity index (χ1n) is 5.70. The number of carbonyl (C=O) groups excluding carboxylic acids is 1. The van der Waals surface area contributed by atoms with Gasteiger partial charge in [-0.2, -0.15) is 0 Å². The number of allylic oxidation sites excluding steroid dienone is 2. The molecule has 0 saturated carbocycles. The van der Waals surface area contributed by atoms with E-state index in [9.17, 15) is 9.18 Å². The lowest BCUT2D eigenvalue weighted by Crippen LogP contribution is -2.28. The van der Waals surface area contributed by atoms with Crippen molar-refractivity contribution in [1.82, 2.24) is 0 Å². The van der Waals surface area contributed by atoms with Gasteiger partial charge in [0.15, 0.2) is 5.78 Å². The Hall–Kier alpha value is -1.68. The van der Waals surface area contributed by atoms with Gasteiger partial charge in [0.2, 0.25) is 0 Å². The second-order valence-electron chi connectivity index (χ2n) is 4.10. The van der Waals surface area contributed by atoms with Gasteiger partial charge in [0.25, 0.3) is 0 Å². The summed E-state index contributed by atoms with van der Waals surface area (Å²) in [5, 5.41) is 0. The molecule has 0 N–H and O–H groups in total. The molecule has 1 aromatic carbocycles. The van der Waals surface area contributed by atoms with E-state index in [1.807, 2.05) is 0 Å². The summed E-state index contributed by atoms with van der Waals surface area (Å²) in [6.07, 6.45) is 4.70. The van der Waals surface area contributed by atoms with E-state index in [0.717, 1.165) is 5.57 Å². The number of Topliss-reactive ketones (excluding diaryl/α,β-unsaturated/α-hetero) is 1. The molecule has 0 amide bonds. The van der Waals surface area contributed by atoms with Crippen molar-refractivity contribution in [3.8, 4) is 5.75 Å². The number of carbonyl (C=O) groups is 1. The van der Waals surface area contributed by atoms with Crippen LogP contribution in [-0.2, 0) is 0 Å². The number of fused-ring (bicyclic) bond motifs is 1. The molecule has 4 heteroatoms. The van der Waals surface area contributed by atoms with Gasteiger partial charge in [-0.3, -0.25) is 4.79 Å². The zero-order valence-electron chi connectivity index (χ0n) is 10.2. The van der Waals surface area contributed by atoms with Crippen molar-refractivity contribution in [3.63, 3.8) is 0 Å². The Labute approximate surface area is 119 Å². The highest BCUT2D eigenvalue weighted by Gasteiger charge is 2.29. The second kappa shape index (κ2) is 5.53. The van der Waals surface area contributed by atoms with E-state index in [0.29, 0.717) is 5.56 Å². The SMILES string of the molecule is C=CC=C(C=C)C1CC(=O)c2cc(Br)c(F)cc2O1. The molecular formula is C15H12BrFO2. The smallest absolute Gasteiger partial charge is 0.170 e. The fourth-order valence-corrected chi connectivity index (χ4v) is 2.29. The summed E-state index contributed by atoms with van der Waals surface area (Å²) >= 11 is 3.06. The van der Waals surface area contributed by atoms with Crippen molar-refractivity contribution in [3.05, 3.63) is 64.9 Å². The van der Waals surface area contributed by atoms with Crippen LogP contribution < -0.4 is 4.74 Å². The Morgan fingerprint density at radius 1 is 1.47 bits per heavy atom. The molecule has 1 heterocycles. The summed E-state index contributed by atoms with van der Waals surface area (Å²) in [5.41, 5.74) is 1.14. The number of ketones is 1. The molecular weight excluding hydrogens is 311 g/mol. The van der Waals surface area contributed by atoms with Crippen LogP contribution in [0, 0.1) is 5.82 Å². The molecule has 0 aromatic heterocycles. The molecule has 19 heavy (non-hydrogen) atoms. The maximum atomic E-state index is 13.5. The number of rotatable bonds is 3. The molecule has 2 rings (SSSR count). The van der Waals surface area contributed by atoms with Crippen LogP contribution in [-0.4, -0.2) is 11.9 Å². The monoisotopic (exact) mass is 322 g/mol. The normalized spacial score (nSPS) is 18.5. The first-order chi connectivity index (χ1) is 9.06. The lowest BCUT2D eigenvalue weighted by Gasteiger charge is -2.26. The average molecular weight is 323 g/mol. The standard InChI is InChI=1S/C15H12BrFO2/c1-3-5-9(4-2)14-8-13(18)10-6-11(16)12(17)7-15(10)19-14/h3-7,14H,1-2,8H2. The Bertz CT molecular complexity index is 590. The number of benzene rings is 1. The average Bonchev–Trinajstić information content (AvgIpc) is 2.38. The van der Waals surface area contributed by atoms with Crippen molar-refractivity contribution in [2.45, 2.75) is 12.5 Å². The summed E-state index contributed by atoms with van der Waals surface area (Å²) in [5.74, 6) is -0.275. The van der Waals surface area contributed by atoms with E-state index in [-0.39, 0.29) is 22.4 Å². The molecule has 1 aliphatic heterocycles. The van der Waals surface area contributed by atoms with E-state index in [1.54, 1.807) is 18.2 Å². The Kier molecular flexibility index (Phi) is 4.00. The van der Waals surface area contributed by atoms with Crippen molar-refractivity contribution in [1.29, 1.82) is 0 Å². The van der Waals surface area contributed by atoms with E-state index in [4.69, 9.17) is 4.74 Å². The first kappa shape index (κ1) is 13.7. The van der Waals surface area contributed by atoms with Crippen molar-refractivity contribution >= 4 is 21.7 Å². The molecule has 2 nitrogen and oxygen atoms in total. The highest BCUT2D eigenvalue weighted by Crippen LogP contribution is 2.34. The molecule has 0 saturated heterocycles. The minimum Gasteiger partial charge on any atom is -0.484 e. The van der Waals surface area contributed by atoms with Crippen LogP contribution in [0.15, 0.2) is 53.6 Å². The van der Waals surface area contributed by atoms with Crippen LogP contribution in [0.5, 0.6) is 5.75 Å². The lowest BCUT2D eigenvalue weighted by atomic mass is 9.96. The maximum Gasteiger partial charge on any atom is 0.170 e. The van der Waals surface area contributed by atoms with Crippen LogP contribution in [0.3, 0.4) is 0 Å². The molecule has 1 atom stereocenters. The Morgan fingerprint density at radius 3 is 2.84 bits per heavy atom. The van der Waals surface area contributed by atoms with Gasteiger partial charge in [0.1, 0.15) is 17.7 Å². The van der Waals surface area contributed by atoms with Crippen LogP contribution in [0.1, 0.15) is 16.8 Å². The fourth-order valence-electron chi connectivity index (χ4n) is 1.95. The third-order valence-corrected chi connectivity index (χ3v) is 3.49. The molecule has 0 bridgehead atoms. The van der Waals surface area contributed by atoms with Crippen LogP contribution in [0.4, 0.5) is 4.39 Å². The fraction of sp³-hybridized carbons (Fsp3) is 0.133. The van der Waals surface area contributed by atoms with Gasteiger partial charge in [0.05, 0.1) is 16.5 Å². The highest BCUT2D eigenvalue weighted by molar-refractivity contribution is 9.10. The Morgan fingerprint density at radius 2 is 2.21 bits per heavy atom. The third kappa shape index (κ3) is 2.68. The summed E-state index contributed by atoms with van der Waals surface area (Å²) in [7, 11) is 0. The largest absolute Gasteiger partial charge is 0.484 e. The second-order valence-corrected chi connectivity index (χ2v) is 4.96. The molecule has 98 valence electrons. The van der Waals surface area contributed by atoms with E-state index in [2.05, 4.69) is 29.1 Å². The number of hydrogen-bond donors (Lipinski definition) is 0. The van der Waals surface area contributed by atoms with Gasteiger partial charge in [-0.15, -0.1) is 0 Å². The van der Waals surface area contributed by atoms with Crippen molar-refractivity contribution in [2.24, 2.45) is 0 Å². The van der Waals surface area contributed by atoms with E-state index < -0.39 is 11.9 Å². The summed E-state index contributed by atoms with van der Waals surface area (Å²) < 4.78 is 19.4. The molecule has 1 aliphatic rings. The predicted octanol–water partition coefficient (Wildman–Crippen LogP) is 4.22. The van der Waals surface area contributed by atoms with Gasteiger partial charge >= 0.3 is 0 Å².